The van der Waals surface area contributed by atoms with Crippen LogP contribution in [0.4, 0.5) is 13.2 Å². The highest BCUT2D eigenvalue weighted by atomic mass is 35.5. The minimum Gasteiger partial charge on any atom is -0.309 e. The molecule has 1 aliphatic heterocycles. The molecule has 1 atom stereocenters. The van der Waals surface area contributed by atoms with E-state index in [0.29, 0.717) is 12.8 Å². The minimum absolute atomic E-state index is 0. The van der Waals surface area contributed by atoms with Crippen molar-refractivity contribution < 1.29 is 13.2 Å². The van der Waals surface area contributed by atoms with Gasteiger partial charge in [-0.15, -0.1) is 24.8 Å². The van der Waals surface area contributed by atoms with Crippen LogP contribution < -0.4 is 0 Å². The normalized spacial score (nSPS) is 25.0. The summed E-state index contributed by atoms with van der Waals surface area (Å²) in [6.07, 6.45) is 1.56. The third kappa shape index (κ3) is 6.97. The molecule has 0 N–H and O–H groups in total. The molecule has 0 aromatic rings. The molecule has 1 unspecified atom stereocenters. The molecule has 0 aromatic carbocycles. The van der Waals surface area contributed by atoms with Gasteiger partial charge in [0.25, 0.3) is 0 Å². The molecule has 1 heterocycles. The Morgan fingerprint density at radius 1 is 1.09 bits per heavy atom. The third-order valence-corrected chi connectivity index (χ3v) is 5.40. The van der Waals surface area contributed by atoms with Gasteiger partial charge < -0.3 is 9.80 Å². The summed E-state index contributed by atoms with van der Waals surface area (Å²) < 4.78 is 38.9. The van der Waals surface area contributed by atoms with Crippen LogP contribution in [0, 0.1) is 11.3 Å². The zero-order valence-corrected chi connectivity index (χ0v) is 15.8. The molecule has 23 heavy (non-hydrogen) atoms. The van der Waals surface area contributed by atoms with Gasteiger partial charge in [0.1, 0.15) is 0 Å². The Bertz CT molecular complexity index is 330. The van der Waals surface area contributed by atoms with E-state index in [2.05, 4.69) is 23.9 Å². The van der Waals surface area contributed by atoms with Crippen LogP contribution in [0.2, 0.25) is 0 Å². The van der Waals surface area contributed by atoms with Crippen LogP contribution in [0.1, 0.15) is 44.9 Å². The third-order valence-electron chi connectivity index (χ3n) is 5.40. The lowest BCUT2D eigenvalue weighted by molar-refractivity contribution is -0.194. The van der Waals surface area contributed by atoms with Crippen LogP contribution >= 0.6 is 24.8 Å². The van der Waals surface area contributed by atoms with Gasteiger partial charge in [-0.1, -0.05) is 6.42 Å². The van der Waals surface area contributed by atoms with Crippen molar-refractivity contribution >= 4 is 24.8 Å². The van der Waals surface area contributed by atoms with Crippen molar-refractivity contribution in [1.29, 1.82) is 0 Å². The van der Waals surface area contributed by atoms with E-state index in [9.17, 15) is 13.2 Å². The first-order valence-electron chi connectivity index (χ1n) is 8.25. The van der Waals surface area contributed by atoms with Crippen molar-refractivity contribution in [2.75, 3.05) is 40.3 Å². The van der Waals surface area contributed by atoms with Crippen LogP contribution in [0.5, 0.6) is 0 Å². The number of nitrogens with zero attached hydrogens (tertiary/aromatic N) is 2. The Labute approximate surface area is 151 Å². The summed E-state index contributed by atoms with van der Waals surface area (Å²) in [6.45, 7) is 4.13. The van der Waals surface area contributed by atoms with E-state index < -0.39 is 12.1 Å². The Morgan fingerprint density at radius 2 is 1.70 bits per heavy atom. The quantitative estimate of drug-likeness (QED) is 0.704. The van der Waals surface area contributed by atoms with Crippen LogP contribution in [0.15, 0.2) is 0 Å². The van der Waals surface area contributed by atoms with Gasteiger partial charge in [0.2, 0.25) is 0 Å². The molecule has 2 nitrogen and oxygen atoms in total. The van der Waals surface area contributed by atoms with E-state index in [1.54, 1.807) is 0 Å². The average Bonchev–Trinajstić information content (AvgIpc) is 2.40. The lowest BCUT2D eigenvalue weighted by atomic mass is 9.64. The largest absolute Gasteiger partial charge is 0.391 e. The van der Waals surface area contributed by atoms with Crippen molar-refractivity contribution in [3.05, 3.63) is 0 Å². The molecule has 2 fully saturated rings. The molecule has 0 aromatic heterocycles. The van der Waals surface area contributed by atoms with Crippen LogP contribution in [0.3, 0.4) is 0 Å². The van der Waals surface area contributed by atoms with Gasteiger partial charge in [-0.25, -0.2) is 0 Å². The lowest BCUT2D eigenvalue weighted by Crippen LogP contribution is -2.44. The van der Waals surface area contributed by atoms with Crippen LogP contribution in [0.25, 0.3) is 0 Å². The maximum Gasteiger partial charge on any atom is 0.391 e. The first kappa shape index (κ1) is 23.3. The molecule has 1 saturated heterocycles. The predicted octanol–water partition coefficient (Wildman–Crippen LogP) is 4.62. The highest BCUT2D eigenvalue weighted by molar-refractivity contribution is 5.85. The average molecular weight is 379 g/mol. The number of alkyl halides is 3. The van der Waals surface area contributed by atoms with Crippen molar-refractivity contribution in [3.63, 3.8) is 0 Å². The molecule has 1 aliphatic carbocycles. The monoisotopic (exact) mass is 378 g/mol. The van der Waals surface area contributed by atoms with Gasteiger partial charge in [-0.3, -0.25) is 0 Å². The van der Waals surface area contributed by atoms with E-state index in [1.807, 2.05) is 0 Å². The topological polar surface area (TPSA) is 6.48 Å². The van der Waals surface area contributed by atoms with Gasteiger partial charge in [0, 0.05) is 0 Å². The molecule has 0 radical (unpaired) electrons. The number of hydrogen-bond acceptors (Lipinski definition) is 2. The van der Waals surface area contributed by atoms with E-state index in [0.717, 1.165) is 58.3 Å². The second-order valence-corrected chi connectivity index (χ2v) is 7.33. The number of hydrogen-bond donors (Lipinski definition) is 0. The summed E-state index contributed by atoms with van der Waals surface area (Å²) in [5.74, 6) is -1.05. The summed E-state index contributed by atoms with van der Waals surface area (Å²) in [7, 11) is 4.15. The van der Waals surface area contributed by atoms with Crippen LogP contribution in [-0.2, 0) is 0 Å². The summed E-state index contributed by atoms with van der Waals surface area (Å²) in [6, 6.07) is 0. The molecule has 1 spiro atoms. The van der Waals surface area contributed by atoms with Gasteiger partial charge >= 0.3 is 6.18 Å². The molecule has 2 aliphatic rings. The first-order valence-corrected chi connectivity index (χ1v) is 8.25. The highest BCUT2D eigenvalue weighted by Crippen LogP contribution is 2.50. The zero-order chi connectivity index (χ0) is 15.5. The summed E-state index contributed by atoms with van der Waals surface area (Å²) in [4.78, 5) is 4.62. The molecule has 2 rings (SSSR count). The van der Waals surface area contributed by atoms with E-state index in [1.165, 1.54) is 0 Å². The molecular weight excluding hydrogens is 348 g/mol. The van der Waals surface area contributed by atoms with E-state index >= 15 is 0 Å². The second-order valence-electron chi connectivity index (χ2n) is 7.33. The van der Waals surface area contributed by atoms with Crippen molar-refractivity contribution in [1.82, 2.24) is 9.80 Å². The molecular formula is C16H31Cl2F3N2. The highest BCUT2D eigenvalue weighted by Gasteiger charge is 2.48. The number of likely N-dealkylation sites (tertiary alicyclic amines) is 1. The smallest absolute Gasteiger partial charge is 0.309 e. The Balaban J connectivity index is 0.00000242. The summed E-state index contributed by atoms with van der Waals surface area (Å²) in [5.41, 5.74) is -0.0174. The minimum atomic E-state index is -3.99. The second kappa shape index (κ2) is 9.69. The Hall–Kier alpha value is 0.290. The fourth-order valence-corrected chi connectivity index (χ4v) is 4.05. The fourth-order valence-electron chi connectivity index (χ4n) is 4.05. The fraction of sp³-hybridized carbons (Fsp3) is 1.00. The molecule has 7 heteroatoms. The van der Waals surface area contributed by atoms with E-state index in [4.69, 9.17) is 0 Å². The lowest BCUT2D eigenvalue weighted by Gasteiger charge is -2.47. The molecule has 140 valence electrons. The summed E-state index contributed by atoms with van der Waals surface area (Å²) in [5, 5.41) is 0. The van der Waals surface area contributed by atoms with Crippen molar-refractivity contribution in [2.24, 2.45) is 11.3 Å². The number of rotatable bonds is 4. The van der Waals surface area contributed by atoms with Crippen molar-refractivity contribution in [3.8, 4) is 0 Å². The van der Waals surface area contributed by atoms with Gasteiger partial charge in [-0.05, 0) is 84.2 Å². The molecule has 0 amide bonds. The Kier molecular flexibility index (Phi) is 9.81. The molecule has 1 saturated carbocycles. The maximum absolute atomic E-state index is 13.0. The van der Waals surface area contributed by atoms with E-state index in [-0.39, 0.29) is 30.2 Å². The van der Waals surface area contributed by atoms with Crippen molar-refractivity contribution in [2.45, 2.75) is 51.1 Å². The Morgan fingerprint density at radius 3 is 2.22 bits per heavy atom. The van der Waals surface area contributed by atoms with Crippen LogP contribution in [-0.4, -0.2) is 56.3 Å². The molecule has 0 bridgehead atoms. The number of halogens is 5. The number of piperidine rings is 1. The van der Waals surface area contributed by atoms with Gasteiger partial charge in [0.15, 0.2) is 0 Å². The van der Waals surface area contributed by atoms with Gasteiger partial charge in [-0.2, -0.15) is 13.2 Å². The zero-order valence-electron chi connectivity index (χ0n) is 14.2. The van der Waals surface area contributed by atoms with Gasteiger partial charge in [0.05, 0.1) is 5.92 Å². The maximum atomic E-state index is 13.0. The predicted molar refractivity (Wildman–Crippen MR) is 93.8 cm³/mol. The standard InChI is InChI=1S/C16H29F3N2.2ClH/c1-20(2)9-4-10-21-11-7-15(8-12-21)6-3-5-14(13-15)16(17,18)19;;/h14H,3-13H2,1-2H3;2*1H. The first-order chi connectivity index (χ1) is 9.81. The SMILES string of the molecule is CN(C)CCCN1CCC2(CCCC(C(F)(F)F)C2)CC1.Cl.Cl. The summed E-state index contributed by atoms with van der Waals surface area (Å²) >= 11 is 0.